The molecule has 96 valence electrons. The van der Waals surface area contributed by atoms with E-state index in [-0.39, 0.29) is 11.4 Å². The molecule has 2 rings (SSSR count). The van der Waals surface area contributed by atoms with Gasteiger partial charge in [0.25, 0.3) is 0 Å². The molecule has 1 heterocycles. The maximum absolute atomic E-state index is 12.1. The summed E-state index contributed by atoms with van der Waals surface area (Å²) in [5.74, 6) is 0. The standard InChI is InChI=1S/C12H13ClN2O2S/c1-9-11(13)3-2-4-12(9)18(16,17)15-8-10-5-6-14-7-10/h2-7,14-15H,8H2,1H3. The van der Waals surface area contributed by atoms with Gasteiger partial charge in [0.2, 0.25) is 10.0 Å². The molecular weight excluding hydrogens is 272 g/mol. The molecule has 0 aliphatic rings. The fourth-order valence-corrected chi connectivity index (χ4v) is 3.12. The van der Waals surface area contributed by atoms with Gasteiger partial charge in [0, 0.05) is 24.0 Å². The Bertz CT molecular complexity index is 636. The summed E-state index contributed by atoms with van der Waals surface area (Å²) in [7, 11) is -3.54. The van der Waals surface area contributed by atoms with Crippen LogP contribution < -0.4 is 4.72 Å². The summed E-state index contributed by atoms with van der Waals surface area (Å²) in [4.78, 5) is 3.08. The van der Waals surface area contributed by atoms with E-state index in [9.17, 15) is 8.42 Å². The van der Waals surface area contributed by atoms with E-state index < -0.39 is 10.0 Å². The first-order chi connectivity index (χ1) is 8.50. The van der Waals surface area contributed by atoms with Gasteiger partial charge in [-0.25, -0.2) is 13.1 Å². The Morgan fingerprint density at radius 3 is 2.78 bits per heavy atom. The van der Waals surface area contributed by atoms with Crippen LogP contribution in [0.15, 0.2) is 41.6 Å². The quantitative estimate of drug-likeness (QED) is 0.906. The monoisotopic (exact) mass is 284 g/mol. The first-order valence-corrected chi connectivity index (χ1v) is 7.23. The Morgan fingerprint density at radius 2 is 2.11 bits per heavy atom. The van der Waals surface area contributed by atoms with E-state index >= 15 is 0 Å². The van der Waals surface area contributed by atoms with Crippen LogP contribution in [0.1, 0.15) is 11.1 Å². The maximum Gasteiger partial charge on any atom is 0.241 e. The number of benzene rings is 1. The number of nitrogens with one attached hydrogen (secondary N) is 2. The summed E-state index contributed by atoms with van der Waals surface area (Å²) in [6.45, 7) is 1.94. The molecule has 0 radical (unpaired) electrons. The van der Waals surface area contributed by atoms with Gasteiger partial charge < -0.3 is 4.98 Å². The van der Waals surface area contributed by atoms with Crippen LogP contribution in [-0.2, 0) is 16.6 Å². The highest BCUT2D eigenvalue weighted by Crippen LogP contribution is 2.22. The van der Waals surface area contributed by atoms with Gasteiger partial charge in [-0.2, -0.15) is 0 Å². The van der Waals surface area contributed by atoms with Crippen molar-refractivity contribution in [2.45, 2.75) is 18.4 Å². The van der Waals surface area contributed by atoms with Gasteiger partial charge in [0.1, 0.15) is 0 Å². The number of hydrogen-bond donors (Lipinski definition) is 2. The molecular formula is C12H13ClN2O2S. The molecule has 0 fully saturated rings. The second-order valence-corrected chi connectivity index (χ2v) is 6.05. The van der Waals surface area contributed by atoms with Gasteiger partial charge in [0.15, 0.2) is 0 Å². The molecule has 0 atom stereocenters. The average Bonchev–Trinajstić information content (AvgIpc) is 2.83. The first kappa shape index (κ1) is 13.1. The fraction of sp³-hybridized carbons (Fsp3) is 0.167. The van der Waals surface area contributed by atoms with Gasteiger partial charge in [-0.05, 0) is 36.2 Å². The van der Waals surface area contributed by atoms with Crippen LogP contribution in [0.3, 0.4) is 0 Å². The molecule has 0 aliphatic carbocycles. The number of H-pyrrole nitrogens is 1. The SMILES string of the molecule is Cc1c(Cl)cccc1S(=O)(=O)NCc1cc[nH]c1. The van der Waals surface area contributed by atoms with Gasteiger partial charge >= 0.3 is 0 Å². The van der Waals surface area contributed by atoms with Crippen LogP contribution in [0.5, 0.6) is 0 Å². The van der Waals surface area contributed by atoms with Crippen molar-refractivity contribution in [2.24, 2.45) is 0 Å². The third kappa shape index (κ3) is 2.75. The van der Waals surface area contributed by atoms with Crippen LogP contribution in [0.2, 0.25) is 5.02 Å². The van der Waals surface area contributed by atoms with E-state index in [0.717, 1.165) is 5.56 Å². The zero-order valence-electron chi connectivity index (χ0n) is 9.77. The number of hydrogen-bond acceptors (Lipinski definition) is 2. The zero-order chi connectivity index (χ0) is 13.2. The van der Waals surface area contributed by atoms with Crippen molar-refractivity contribution >= 4 is 21.6 Å². The Balaban J connectivity index is 2.23. The normalized spacial score (nSPS) is 11.7. The van der Waals surface area contributed by atoms with Crippen molar-refractivity contribution in [1.82, 2.24) is 9.71 Å². The lowest BCUT2D eigenvalue weighted by atomic mass is 10.2. The summed E-state index contributed by atoms with van der Waals surface area (Å²) in [5.41, 5.74) is 1.43. The van der Waals surface area contributed by atoms with Crippen molar-refractivity contribution in [3.63, 3.8) is 0 Å². The van der Waals surface area contributed by atoms with E-state index in [1.807, 2.05) is 6.07 Å². The molecule has 2 N–H and O–H groups in total. The number of sulfonamides is 1. The molecule has 1 aromatic heterocycles. The third-order valence-corrected chi connectivity index (χ3v) is 4.59. The number of aromatic nitrogens is 1. The van der Waals surface area contributed by atoms with Crippen molar-refractivity contribution in [3.05, 3.63) is 52.8 Å². The van der Waals surface area contributed by atoms with E-state index in [1.54, 1.807) is 37.5 Å². The van der Waals surface area contributed by atoms with Crippen molar-refractivity contribution in [2.75, 3.05) is 0 Å². The molecule has 2 aromatic rings. The third-order valence-electron chi connectivity index (χ3n) is 2.64. The highest BCUT2D eigenvalue weighted by molar-refractivity contribution is 7.89. The van der Waals surface area contributed by atoms with Gasteiger partial charge in [0.05, 0.1) is 4.90 Å². The largest absolute Gasteiger partial charge is 0.367 e. The Labute approximate surface area is 111 Å². The second kappa shape index (κ2) is 5.14. The van der Waals surface area contributed by atoms with Crippen LogP contribution >= 0.6 is 11.6 Å². The molecule has 0 unspecified atom stereocenters. The highest BCUT2D eigenvalue weighted by atomic mass is 35.5. The molecule has 4 nitrogen and oxygen atoms in total. The summed E-state index contributed by atoms with van der Waals surface area (Å²) < 4.78 is 26.8. The topological polar surface area (TPSA) is 62.0 Å². The molecule has 6 heteroatoms. The lowest BCUT2D eigenvalue weighted by molar-refractivity contribution is 0.580. The average molecular weight is 285 g/mol. The molecule has 1 aromatic carbocycles. The lowest BCUT2D eigenvalue weighted by Crippen LogP contribution is -2.23. The highest BCUT2D eigenvalue weighted by Gasteiger charge is 2.17. The minimum atomic E-state index is -3.54. The predicted molar refractivity (Wildman–Crippen MR) is 71.0 cm³/mol. The first-order valence-electron chi connectivity index (χ1n) is 5.37. The minimum Gasteiger partial charge on any atom is -0.367 e. The van der Waals surface area contributed by atoms with Crippen molar-refractivity contribution in [1.29, 1.82) is 0 Å². The summed E-state index contributed by atoms with van der Waals surface area (Å²) in [6.07, 6.45) is 3.49. The fourth-order valence-electron chi connectivity index (χ4n) is 1.60. The van der Waals surface area contributed by atoms with Crippen LogP contribution in [0.4, 0.5) is 0 Å². The second-order valence-electron chi connectivity index (χ2n) is 3.91. The van der Waals surface area contributed by atoms with Gasteiger partial charge in [-0.1, -0.05) is 17.7 Å². The molecule has 0 aliphatic heterocycles. The smallest absolute Gasteiger partial charge is 0.241 e. The number of halogens is 1. The number of aromatic amines is 1. The maximum atomic E-state index is 12.1. The molecule has 0 bridgehead atoms. The Hall–Kier alpha value is -1.30. The predicted octanol–water partition coefficient (Wildman–Crippen LogP) is 2.46. The molecule has 18 heavy (non-hydrogen) atoms. The van der Waals surface area contributed by atoms with Gasteiger partial charge in [-0.15, -0.1) is 0 Å². The Morgan fingerprint density at radius 1 is 1.33 bits per heavy atom. The van der Waals surface area contributed by atoms with E-state index in [1.165, 1.54) is 0 Å². The van der Waals surface area contributed by atoms with Crippen LogP contribution in [-0.4, -0.2) is 13.4 Å². The van der Waals surface area contributed by atoms with Crippen LogP contribution in [0, 0.1) is 6.92 Å². The summed E-state index contributed by atoms with van der Waals surface area (Å²) in [5, 5.41) is 0.444. The van der Waals surface area contributed by atoms with Crippen LogP contribution in [0.25, 0.3) is 0 Å². The van der Waals surface area contributed by atoms with E-state index in [2.05, 4.69) is 9.71 Å². The molecule has 0 saturated carbocycles. The van der Waals surface area contributed by atoms with Gasteiger partial charge in [-0.3, -0.25) is 0 Å². The lowest BCUT2D eigenvalue weighted by Gasteiger charge is -2.09. The Kier molecular flexibility index (Phi) is 3.75. The minimum absolute atomic E-state index is 0.213. The zero-order valence-corrected chi connectivity index (χ0v) is 11.3. The number of rotatable bonds is 4. The molecule has 0 saturated heterocycles. The van der Waals surface area contributed by atoms with E-state index in [0.29, 0.717) is 10.6 Å². The van der Waals surface area contributed by atoms with E-state index in [4.69, 9.17) is 11.6 Å². The summed E-state index contributed by atoms with van der Waals surface area (Å²) in [6, 6.07) is 6.65. The van der Waals surface area contributed by atoms with Crippen molar-refractivity contribution < 1.29 is 8.42 Å². The molecule has 0 spiro atoms. The van der Waals surface area contributed by atoms with Crippen molar-refractivity contribution in [3.8, 4) is 0 Å². The summed E-state index contributed by atoms with van der Waals surface area (Å²) >= 11 is 5.92. The molecule has 0 amide bonds.